The number of aliphatic hydroxyl groups is 2. The van der Waals surface area contributed by atoms with Crippen LogP contribution in [0.15, 0.2) is 0 Å². The standard InChI is InChI=1S/C18H34O6/c1-11(16(21)24-18(4,5)6)8-7-9-12(2)22-17-15(20)10-14(19)13(3)23-17/h11-15,17,19-20H,7-10H2,1-6H3/t11?,12-,13+,14-,15-,17-/m1/s1. The van der Waals surface area contributed by atoms with E-state index in [2.05, 4.69) is 0 Å². The average Bonchev–Trinajstić information content (AvgIpc) is 2.42. The van der Waals surface area contributed by atoms with Crippen molar-refractivity contribution in [1.29, 1.82) is 0 Å². The van der Waals surface area contributed by atoms with Crippen LogP contribution >= 0.6 is 0 Å². The van der Waals surface area contributed by atoms with Gasteiger partial charge in [0, 0.05) is 6.42 Å². The van der Waals surface area contributed by atoms with Crippen LogP contribution in [0.4, 0.5) is 0 Å². The van der Waals surface area contributed by atoms with Gasteiger partial charge in [0.25, 0.3) is 0 Å². The molecule has 1 saturated heterocycles. The second-order valence-electron chi connectivity index (χ2n) is 7.89. The van der Waals surface area contributed by atoms with Crippen LogP contribution < -0.4 is 0 Å². The van der Waals surface area contributed by atoms with Gasteiger partial charge in [0.2, 0.25) is 0 Å². The minimum Gasteiger partial charge on any atom is -0.460 e. The molecule has 1 heterocycles. The van der Waals surface area contributed by atoms with Crippen molar-refractivity contribution < 1.29 is 29.2 Å². The van der Waals surface area contributed by atoms with Gasteiger partial charge in [-0.05, 0) is 47.5 Å². The molecule has 1 aliphatic rings. The quantitative estimate of drug-likeness (QED) is 0.689. The number of carbonyl (C=O) groups is 1. The van der Waals surface area contributed by atoms with Crippen LogP contribution in [0.1, 0.15) is 67.2 Å². The lowest BCUT2D eigenvalue weighted by Crippen LogP contribution is -2.48. The SMILES string of the molecule is CC(CCC[C@@H](C)O[C@@H]1O[C@@H](C)[C@H](O)C[C@H]1O)C(=O)OC(C)(C)C. The topological polar surface area (TPSA) is 85.2 Å². The second-order valence-corrected chi connectivity index (χ2v) is 7.89. The van der Waals surface area contributed by atoms with Crippen LogP contribution in [0.2, 0.25) is 0 Å². The monoisotopic (exact) mass is 346 g/mol. The highest BCUT2D eigenvalue weighted by molar-refractivity contribution is 5.72. The largest absolute Gasteiger partial charge is 0.460 e. The van der Waals surface area contributed by atoms with Crippen LogP contribution in [0, 0.1) is 5.92 Å². The normalized spacial score (nSPS) is 30.7. The van der Waals surface area contributed by atoms with Gasteiger partial charge in [0.1, 0.15) is 11.7 Å². The van der Waals surface area contributed by atoms with Gasteiger partial charge in [-0.1, -0.05) is 13.3 Å². The maximum Gasteiger partial charge on any atom is 0.309 e. The molecule has 6 heteroatoms. The van der Waals surface area contributed by atoms with Crippen molar-refractivity contribution in [3.8, 4) is 0 Å². The molecule has 0 bridgehead atoms. The highest BCUT2D eigenvalue weighted by atomic mass is 16.7. The first-order valence-electron chi connectivity index (χ1n) is 8.89. The number of rotatable bonds is 7. The van der Waals surface area contributed by atoms with Gasteiger partial charge in [0.15, 0.2) is 6.29 Å². The molecule has 0 amide bonds. The van der Waals surface area contributed by atoms with E-state index in [1.54, 1.807) is 6.92 Å². The summed E-state index contributed by atoms with van der Waals surface area (Å²) in [5.74, 6) is -0.326. The highest BCUT2D eigenvalue weighted by Crippen LogP contribution is 2.23. The first kappa shape index (κ1) is 21.4. The van der Waals surface area contributed by atoms with Crippen molar-refractivity contribution >= 4 is 5.97 Å². The Kier molecular flexibility index (Phi) is 8.12. The summed E-state index contributed by atoms with van der Waals surface area (Å²) in [7, 11) is 0. The van der Waals surface area contributed by atoms with E-state index < -0.39 is 24.1 Å². The molecule has 1 rings (SSSR count). The summed E-state index contributed by atoms with van der Waals surface area (Å²) in [6.45, 7) is 11.1. The van der Waals surface area contributed by atoms with Crippen LogP contribution in [0.5, 0.6) is 0 Å². The number of hydrogen-bond donors (Lipinski definition) is 2. The van der Waals surface area contributed by atoms with Gasteiger partial charge in [0.05, 0.1) is 24.2 Å². The van der Waals surface area contributed by atoms with Crippen LogP contribution in [0.25, 0.3) is 0 Å². The first-order valence-corrected chi connectivity index (χ1v) is 8.89. The third-order valence-electron chi connectivity index (χ3n) is 4.11. The molecule has 2 N–H and O–H groups in total. The molecule has 0 aromatic carbocycles. The number of hydrogen-bond acceptors (Lipinski definition) is 6. The average molecular weight is 346 g/mol. The van der Waals surface area contributed by atoms with Crippen LogP contribution in [0.3, 0.4) is 0 Å². The zero-order valence-electron chi connectivity index (χ0n) is 15.8. The predicted molar refractivity (Wildman–Crippen MR) is 90.4 cm³/mol. The summed E-state index contributed by atoms with van der Waals surface area (Å²) in [5, 5.41) is 19.6. The Morgan fingerprint density at radius 1 is 1.21 bits per heavy atom. The van der Waals surface area contributed by atoms with E-state index >= 15 is 0 Å². The van der Waals surface area contributed by atoms with E-state index in [-0.39, 0.29) is 30.5 Å². The fourth-order valence-electron chi connectivity index (χ4n) is 2.59. The molecular weight excluding hydrogens is 312 g/mol. The molecule has 0 saturated carbocycles. The number of esters is 1. The molecule has 0 aromatic heterocycles. The Bertz CT molecular complexity index is 391. The second kappa shape index (κ2) is 9.13. The molecule has 0 spiro atoms. The van der Waals surface area contributed by atoms with Crippen molar-refractivity contribution in [3.05, 3.63) is 0 Å². The van der Waals surface area contributed by atoms with Gasteiger partial charge in [-0.3, -0.25) is 4.79 Å². The van der Waals surface area contributed by atoms with Crippen molar-refractivity contribution in [2.24, 2.45) is 5.92 Å². The van der Waals surface area contributed by atoms with Crippen LogP contribution in [-0.2, 0) is 19.0 Å². The Labute approximate surface area is 145 Å². The predicted octanol–water partition coefficient (Wildman–Crippen LogP) is 2.40. The molecule has 0 radical (unpaired) electrons. The number of carbonyl (C=O) groups excluding carboxylic acids is 1. The summed E-state index contributed by atoms with van der Waals surface area (Å²) >= 11 is 0. The van der Waals surface area contributed by atoms with Gasteiger partial charge < -0.3 is 24.4 Å². The molecule has 6 atom stereocenters. The van der Waals surface area contributed by atoms with Gasteiger partial charge in [-0.25, -0.2) is 0 Å². The lowest BCUT2D eigenvalue weighted by atomic mass is 10.0. The fraction of sp³-hybridized carbons (Fsp3) is 0.944. The maximum absolute atomic E-state index is 11.9. The number of aliphatic hydroxyl groups excluding tert-OH is 2. The molecule has 142 valence electrons. The molecule has 0 aliphatic carbocycles. The van der Waals surface area contributed by atoms with Crippen LogP contribution in [-0.4, -0.2) is 52.5 Å². The third-order valence-corrected chi connectivity index (χ3v) is 4.11. The minimum atomic E-state index is -0.820. The molecule has 1 aliphatic heterocycles. The van der Waals surface area contributed by atoms with Crippen molar-refractivity contribution in [2.45, 2.75) is 104 Å². The van der Waals surface area contributed by atoms with E-state index in [4.69, 9.17) is 14.2 Å². The first-order chi connectivity index (χ1) is 11.0. The Morgan fingerprint density at radius 2 is 1.83 bits per heavy atom. The Balaban J connectivity index is 2.28. The smallest absolute Gasteiger partial charge is 0.309 e. The Hall–Kier alpha value is -0.690. The third kappa shape index (κ3) is 7.47. The summed E-state index contributed by atoms with van der Waals surface area (Å²) in [6.07, 6.45) is -0.0687. The van der Waals surface area contributed by atoms with Gasteiger partial charge in [-0.15, -0.1) is 0 Å². The lowest BCUT2D eigenvalue weighted by Gasteiger charge is -2.36. The summed E-state index contributed by atoms with van der Waals surface area (Å²) in [5.41, 5.74) is -0.461. The molecule has 1 fully saturated rings. The van der Waals surface area contributed by atoms with Gasteiger partial charge in [-0.2, -0.15) is 0 Å². The Morgan fingerprint density at radius 3 is 2.42 bits per heavy atom. The zero-order chi connectivity index (χ0) is 18.5. The van der Waals surface area contributed by atoms with Crippen molar-refractivity contribution in [2.75, 3.05) is 0 Å². The summed E-state index contributed by atoms with van der Waals surface area (Å²) in [6, 6.07) is 0. The van der Waals surface area contributed by atoms with Crippen molar-refractivity contribution in [1.82, 2.24) is 0 Å². The summed E-state index contributed by atoms with van der Waals surface area (Å²) < 4.78 is 16.6. The lowest BCUT2D eigenvalue weighted by molar-refractivity contribution is -0.273. The maximum atomic E-state index is 11.9. The van der Waals surface area contributed by atoms with Gasteiger partial charge >= 0.3 is 5.97 Å². The van der Waals surface area contributed by atoms with Crippen molar-refractivity contribution in [3.63, 3.8) is 0 Å². The summed E-state index contributed by atoms with van der Waals surface area (Å²) in [4.78, 5) is 11.9. The fourth-order valence-corrected chi connectivity index (χ4v) is 2.59. The molecule has 24 heavy (non-hydrogen) atoms. The molecule has 0 aromatic rings. The zero-order valence-corrected chi connectivity index (χ0v) is 15.8. The van der Waals surface area contributed by atoms with E-state index in [9.17, 15) is 15.0 Å². The van der Waals surface area contributed by atoms with E-state index in [1.165, 1.54) is 0 Å². The molecular formula is C18H34O6. The highest BCUT2D eigenvalue weighted by Gasteiger charge is 2.35. The molecule has 6 nitrogen and oxygen atoms in total. The molecule has 1 unspecified atom stereocenters. The van der Waals surface area contributed by atoms with E-state index in [0.717, 1.165) is 19.3 Å². The van der Waals surface area contributed by atoms with E-state index in [0.29, 0.717) is 0 Å². The van der Waals surface area contributed by atoms with E-state index in [1.807, 2.05) is 34.6 Å². The number of ether oxygens (including phenoxy) is 3. The minimum absolute atomic E-state index is 0.0991.